The highest BCUT2D eigenvalue weighted by atomic mass is 32.2. The van der Waals surface area contributed by atoms with Gasteiger partial charge in [0.05, 0.1) is 12.9 Å². The normalized spacial score (nSPS) is 14.4. The molecule has 3 aromatic rings. The molecule has 0 aromatic heterocycles. The molecule has 4 rings (SSSR count). The zero-order valence-corrected chi connectivity index (χ0v) is 23.3. The lowest BCUT2D eigenvalue weighted by atomic mass is 9.94. The Balaban J connectivity index is 1.55. The molecule has 206 valence electrons. The van der Waals surface area contributed by atoms with Crippen LogP contribution in [0.1, 0.15) is 48.8 Å². The fourth-order valence-corrected chi connectivity index (χ4v) is 5.84. The first-order chi connectivity index (χ1) is 19.0. The van der Waals surface area contributed by atoms with Crippen LogP contribution in [0.25, 0.3) is 0 Å². The first kappa shape index (κ1) is 28.7. The van der Waals surface area contributed by atoms with Crippen LogP contribution < -0.4 is 10.1 Å². The predicted octanol–water partition coefficient (Wildman–Crippen LogP) is 6.16. The van der Waals surface area contributed by atoms with Crippen LogP contribution in [0.3, 0.4) is 0 Å². The molecule has 0 heterocycles. The third kappa shape index (κ3) is 8.59. The van der Waals surface area contributed by atoms with Crippen LogP contribution in [0.4, 0.5) is 4.39 Å². The van der Waals surface area contributed by atoms with Gasteiger partial charge in [-0.25, -0.2) is 4.39 Å². The van der Waals surface area contributed by atoms with Crippen LogP contribution in [0.15, 0.2) is 78.9 Å². The van der Waals surface area contributed by atoms with E-state index in [-0.39, 0.29) is 36.0 Å². The SMILES string of the molecule is COc1ccc(CSCC(=O)N(Cc2ccccc2F)[C@@H](Cc2ccccc2)C(=O)NC2CCCCC2)cc1. The quantitative estimate of drug-likeness (QED) is 0.295. The second-order valence-electron chi connectivity index (χ2n) is 10.0. The van der Waals surface area contributed by atoms with Gasteiger partial charge in [-0.3, -0.25) is 9.59 Å². The standard InChI is InChI=1S/C32H37FN2O3S/c1-38-28-18-16-25(17-19-28)22-39-23-31(36)35(21-26-12-8-9-15-29(26)33)30(20-24-10-4-2-5-11-24)32(37)34-27-13-6-3-7-14-27/h2,4-5,8-12,15-19,27,30H,3,6-7,13-14,20-23H2,1H3,(H,34,37)/t30-/m0/s1. The number of carbonyl (C=O) groups excluding carboxylic acids is 2. The molecular formula is C32H37FN2O3S. The van der Waals surface area contributed by atoms with Gasteiger partial charge in [0.1, 0.15) is 17.6 Å². The molecule has 2 amide bonds. The number of rotatable bonds is 12. The van der Waals surface area contributed by atoms with Gasteiger partial charge in [-0.2, -0.15) is 0 Å². The number of ether oxygens (including phenoxy) is 1. The fourth-order valence-electron chi connectivity index (χ4n) is 4.97. The lowest BCUT2D eigenvalue weighted by Gasteiger charge is -2.33. The molecule has 0 radical (unpaired) electrons. The van der Waals surface area contributed by atoms with Gasteiger partial charge in [0.25, 0.3) is 0 Å². The Bertz CT molecular complexity index is 1200. The predicted molar refractivity (Wildman–Crippen MR) is 155 cm³/mol. The highest BCUT2D eigenvalue weighted by Crippen LogP contribution is 2.22. The van der Waals surface area contributed by atoms with E-state index in [1.54, 1.807) is 30.2 Å². The molecule has 0 aliphatic heterocycles. The summed E-state index contributed by atoms with van der Waals surface area (Å²) in [4.78, 5) is 29.1. The van der Waals surface area contributed by atoms with Crippen LogP contribution in [-0.4, -0.2) is 41.7 Å². The zero-order chi connectivity index (χ0) is 27.5. The Morgan fingerprint density at radius 2 is 1.64 bits per heavy atom. The zero-order valence-electron chi connectivity index (χ0n) is 22.5. The van der Waals surface area contributed by atoms with E-state index in [9.17, 15) is 14.0 Å². The summed E-state index contributed by atoms with van der Waals surface area (Å²) in [6.07, 6.45) is 5.62. The van der Waals surface area contributed by atoms with Gasteiger partial charge in [-0.05, 0) is 42.2 Å². The van der Waals surface area contributed by atoms with Crippen molar-refractivity contribution in [3.8, 4) is 5.75 Å². The molecule has 3 aromatic carbocycles. The van der Waals surface area contributed by atoms with Crippen molar-refractivity contribution in [1.82, 2.24) is 10.2 Å². The molecule has 0 spiro atoms. The number of halogens is 1. The first-order valence-electron chi connectivity index (χ1n) is 13.6. The number of thioether (sulfide) groups is 1. The van der Waals surface area contributed by atoms with Crippen LogP contribution >= 0.6 is 11.8 Å². The number of hydrogen-bond donors (Lipinski definition) is 1. The van der Waals surface area contributed by atoms with E-state index < -0.39 is 6.04 Å². The van der Waals surface area contributed by atoms with Gasteiger partial charge >= 0.3 is 0 Å². The third-order valence-corrected chi connectivity index (χ3v) is 8.16. The minimum Gasteiger partial charge on any atom is -0.497 e. The summed E-state index contributed by atoms with van der Waals surface area (Å²) in [6.45, 7) is 0.0319. The Morgan fingerprint density at radius 3 is 2.33 bits per heavy atom. The highest BCUT2D eigenvalue weighted by Gasteiger charge is 2.32. The maximum atomic E-state index is 14.8. The molecule has 1 fully saturated rings. The van der Waals surface area contributed by atoms with Gasteiger partial charge in [-0.15, -0.1) is 11.8 Å². The molecule has 1 atom stereocenters. The summed E-state index contributed by atoms with van der Waals surface area (Å²) < 4.78 is 20.0. The number of benzene rings is 3. The third-order valence-electron chi connectivity index (χ3n) is 7.17. The van der Waals surface area contributed by atoms with Gasteiger partial charge in [-0.1, -0.05) is 79.9 Å². The second kappa shape index (κ2) is 14.7. The van der Waals surface area contributed by atoms with E-state index in [4.69, 9.17) is 4.74 Å². The van der Waals surface area contributed by atoms with E-state index in [1.165, 1.54) is 24.2 Å². The van der Waals surface area contributed by atoms with Crippen molar-refractivity contribution in [2.45, 2.75) is 62.9 Å². The Morgan fingerprint density at radius 1 is 0.949 bits per heavy atom. The summed E-state index contributed by atoms with van der Waals surface area (Å²) >= 11 is 1.48. The van der Waals surface area contributed by atoms with Gasteiger partial charge < -0.3 is 15.0 Å². The molecule has 7 heteroatoms. The largest absolute Gasteiger partial charge is 0.497 e. The number of hydrogen-bond acceptors (Lipinski definition) is 4. The summed E-state index contributed by atoms with van der Waals surface area (Å²) in [5.74, 6) is 0.867. The van der Waals surface area contributed by atoms with Crippen molar-refractivity contribution >= 4 is 23.6 Å². The van der Waals surface area contributed by atoms with Crippen LogP contribution in [0, 0.1) is 5.82 Å². The number of amides is 2. The van der Waals surface area contributed by atoms with E-state index in [0.717, 1.165) is 42.6 Å². The number of nitrogens with one attached hydrogen (secondary N) is 1. The smallest absolute Gasteiger partial charge is 0.243 e. The summed E-state index contributed by atoms with van der Waals surface area (Å²) in [5, 5.41) is 3.22. The van der Waals surface area contributed by atoms with Crippen molar-refractivity contribution in [2.75, 3.05) is 12.9 Å². The van der Waals surface area contributed by atoms with Crippen LogP contribution in [-0.2, 0) is 28.3 Å². The average Bonchev–Trinajstić information content (AvgIpc) is 2.97. The van der Waals surface area contributed by atoms with Crippen LogP contribution in [0.5, 0.6) is 5.75 Å². The monoisotopic (exact) mass is 548 g/mol. The molecule has 5 nitrogen and oxygen atoms in total. The van der Waals surface area contributed by atoms with Gasteiger partial charge in [0.2, 0.25) is 11.8 Å². The van der Waals surface area contributed by atoms with Crippen molar-refractivity contribution in [2.24, 2.45) is 0 Å². The second-order valence-corrected chi connectivity index (χ2v) is 11.0. The van der Waals surface area contributed by atoms with E-state index >= 15 is 0 Å². The molecule has 1 aliphatic rings. The minimum absolute atomic E-state index is 0.0319. The van der Waals surface area contributed by atoms with Crippen molar-refractivity contribution in [1.29, 1.82) is 0 Å². The van der Waals surface area contributed by atoms with Crippen LogP contribution in [0.2, 0.25) is 0 Å². The van der Waals surface area contributed by atoms with E-state index in [0.29, 0.717) is 17.7 Å². The lowest BCUT2D eigenvalue weighted by Crippen LogP contribution is -2.53. The summed E-state index contributed by atoms with van der Waals surface area (Å²) in [6, 6.07) is 23.3. The molecular weight excluding hydrogens is 511 g/mol. The number of methoxy groups -OCH3 is 1. The summed E-state index contributed by atoms with van der Waals surface area (Å²) in [7, 11) is 1.63. The Kier molecular flexibility index (Phi) is 10.8. The topological polar surface area (TPSA) is 58.6 Å². The Labute approximate surface area is 235 Å². The molecule has 1 aliphatic carbocycles. The average molecular weight is 549 g/mol. The van der Waals surface area contributed by atoms with Gasteiger partial charge in [0, 0.05) is 30.3 Å². The van der Waals surface area contributed by atoms with Crippen molar-refractivity contribution in [3.05, 3.63) is 101 Å². The maximum absolute atomic E-state index is 14.8. The fraction of sp³-hybridized carbons (Fsp3) is 0.375. The van der Waals surface area contributed by atoms with E-state index in [2.05, 4.69) is 5.32 Å². The first-order valence-corrected chi connectivity index (χ1v) is 14.8. The van der Waals surface area contributed by atoms with E-state index in [1.807, 2.05) is 54.6 Å². The lowest BCUT2D eigenvalue weighted by molar-refractivity contribution is -0.139. The van der Waals surface area contributed by atoms with Crippen molar-refractivity contribution in [3.63, 3.8) is 0 Å². The molecule has 0 unspecified atom stereocenters. The van der Waals surface area contributed by atoms with Gasteiger partial charge in [0.15, 0.2) is 0 Å². The molecule has 0 bridgehead atoms. The summed E-state index contributed by atoms with van der Waals surface area (Å²) in [5.41, 5.74) is 2.43. The highest BCUT2D eigenvalue weighted by molar-refractivity contribution is 7.99. The van der Waals surface area contributed by atoms with Crippen molar-refractivity contribution < 1.29 is 18.7 Å². The maximum Gasteiger partial charge on any atom is 0.243 e. The molecule has 1 saturated carbocycles. The molecule has 39 heavy (non-hydrogen) atoms. The number of nitrogens with zero attached hydrogens (tertiary/aromatic N) is 1. The number of carbonyl (C=O) groups is 2. The molecule has 0 saturated heterocycles. The molecule has 1 N–H and O–H groups in total. The Hall–Kier alpha value is -3.32. The minimum atomic E-state index is -0.747.